The van der Waals surface area contributed by atoms with Crippen LogP contribution in [-0.4, -0.2) is 53.0 Å². The van der Waals surface area contributed by atoms with E-state index in [-0.39, 0.29) is 19.0 Å². The minimum atomic E-state index is -1.22. The number of nitrogens with one attached hydrogen (secondary N) is 1. The molecular formula is C22H19ClN6O3. The normalized spacial score (nSPS) is 13.7. The van der Waals surface area contributed by atoms with Crippen molar-refractivity contribution in [2.75, 3.05) is 26.2 Å². The molecular weight excluding hydrogens is 432 g/mol. The average Bonchev–Trinajstić information content (AvgIpc) is 2.82. The van der Waals surface area contributed by atoms with Crippen molar-refractivity contribution in [2.24, 2.45) is 5.11 Å². The minimum Gasteiger partial charge on any atom is -0.530 e. The summed E-state index contributed by atoms with van der Waals surface area (Å²) in [7, 11) is 0. The zero-order valence-corrected chi connectivity index (χ0v) is 17.7. The molecule has 1 N–H and O–H groups in total. The van der Waals surface area contributed by atoms with Crippen LogP contribution in [0.3, 0.4) is 0 Å². The maximum atomic E-state index is 12.9. The standard InChI is InChI=1S/C22H19ClN6O3/c23-18-12-19(15-3-1-14(2-4-15)13-25-27-24)26-20-11-16(5-6-17(18)20)21(30)28-7-9-29(10-8-28)22(31)32/h1-6,11-12,24H,7-10,13H2. The van der Waals surface area contributed by atoms with E-state index in [1.54, 1.807) is 29.2 Å². The predicted octanol–water partition coefficient (Wildman–Crippen LogP) is 2.71. The first-order chi connectivity index (χ1) is 15.5. The molecule has 0 saturated carbocycles. The number of carbonyl (C=O) groups is 2. The third-order valence-corrected chi connectivity index (χ3v) is 5.72. The lowest BCUT2D eigenvalue weighted by Crippen LogP contribution is -2.53. The summed E-state index contributed by atoms with van der Waals surface area (Å²) in [5, 5.41) is 15.9. The molecule has 2 heterocycles. The number of hydrogen-bond donors (Lipinski definition) is 1. The van der Waals surface area contributed by atoms with Gasteiger partial charge in [0.1, 0.15) is 23.3 Å². The third kappa shape index (κ3) is 4.44. The first-order valence-corrected chi connectivity index (χ1v) is 10.3. The van der Waals surface area contributed by atoms with Crippen molar-refractivity contribution in [1.82, 2.24) is 19.7 Å². The molecule has 0 radical (unpaired) electrons. The number of benzene rings is 2. The van der Waals surface area contributed by atoms with Gasteiger partial charge in [0.2, 0.25) is 4.91 Å². The molecule has 0 bridgehead atoms. The highest BCUT2D eigenvalue weighted by molar-refractivity contribution is 6.35. The number of pyridine rings is 1. The number of hydrogen-bond acceptors (Lipinski definition) is 6. The minimum absolute atomic E-state index is 0.180. The number of carbonyl (C=O) groups excluding carboxylic acids is 2. The first kappa shape index (κ1) is 21.4. The van der Waals surface area contributed by atoms with Crippen molar-refractivity contribution in [3.8, 4) is 11.3 Å². The molecule has 10 heteroatoms. The number of rotatable bonds is 4. The Balaban J connectivity index is 1.60. The fraction of sp³-hybridized carbons (Fsp3) is 0.227. The third-order valence-electron chi connectivity index (χ3n) is 5.41. The Bertz CT molecular complexity index is 1230. The van der Waals surface area contributed by atoms with Gasteiger partial charge in [0, 0.05) is 42.7 Å². The van der Waals surface area contributed by atoms with E-state index in [2.05, 4.69) is 10.0 Å². The maximum Gasteiger partial charge on any atom is 0.254 e. The van der Waals surface area contributed by atoms with Crippen molar-refractivity contribution in [3.63, 3.8) is 0 Å². The summed E-state index contributed by atoms with van der Waals surface area (Å²) in [6.45, 7) is 1.42. The van der Waals surface area contributed by atoms with Crippen molar-refractivity contribution in [1.29, 1.82) is 5.53 Å². The molecule has 0 atom stereocenters. The van der Waals surface area contributed by atoms with Gasteiger partial charge in [-0.25, -0.2) is 4.98 Å². The highest BCUT2D eigenvalue weighted by Crippen LogP contribution is 2.29. The molecule has 162 valence electrons. The summed E-state index contributed by atoms with van der Waals surface area (Å²) < 4.78 is 0. The van der Waals surface area contributed by atoms with Crippen LogP contribution >= 0.6 is 11.6 Å². The fourth-order valence-corrected chi connectivity index (χ4v) is 3.90. The molecule has 0 aliphatic carbocycles. The van der Waals surface area contributed by atoms with E-state index < -0.39 is 6.09 Å². The number of halogens is 1. The lowest BCUT2D eigenvalue weighted by atomic mass is 10.1. The van der Waals surface area contributed by atoms with Gasteiger partial charge >= 0.3 is 0 Å². The average molecular weight is 451 g/mol. The van der Waals surface area contributed by atoms with Crippen LogP contribution < -0.4 is 10.0 Å². The maximum absolute atomic E-state index is 12.9. The van der Waals surface area contributed by atoms with Crippen LogP contribution in [0.5, 0.6) is 0 Å². The summed E-state index contributed by atoms with van der Waals surface area (Å²) in [6, 6.07) is 14.5. The second-order valence-corrected chi connectivity index (χ2v) is 7.77. The number of amides is 2. The molecule has 1 fully saturated rings. The highest BCUT2D eigenvalue weighted by Gasteiger charge is 2.22. The molecule has 0 unspecified atom stereocenters. The Kier molecular flexibility index (Phi) is 6.11. The van der Waals surface area contributed by atoms with Gasteiger partial charge < -0.3 is 19.7 Å². The SMILES string of the molecule is N=[N+]=NCc1ccc(-c2cc(Cl)c3ccc(C(=O)N4CCN(C(=O)[O-])CC4)cc3n2)cc1. The van der Waals surface area contributed by atoms with Crippen LogP contribution in [-0.2, 0) is 6.54 Å². The van der Waals surface area contributed by atoms with Crippen molar-refractivity contribution in [3.05, 3.63) is 64.7 Å². The zero-order valence-electron chi connectivity index (χ0n) is 17.0. The summed E-state index contributed by atoms with van der Waals surface area (Å²) in [6.07, 6.45) is -1.22. The lowest BCUT2D eigenvalue weighted by molar-refractivity contribution is -0.266. The lowest BCUT2D eigenvalue weighted by Gasteiger charge is -2.36. The van der Waals surface area contributed by atoms with Crippen LogP contribution in [0.2, 0.25) is 5.02 Å². The van der Waals surface area contributed by atoms with Crippen molar-refractivity contribution in [2.45, 2.75) is 6.54 Å². The Hall–Kier alpha value is -3.81. The molecule has 2 aromatic carbocycles. The topological polar surface area (TPSA) is 127 Å². The Morgan fingerprint density at radius 1 is 1.06 bits per heavy atom. The van der Waals surface area contributed by atoms with Gasteiger partial charge in [-0.2, -0.15) is 0 Å². The molecule has 2 amide bonds. The Morgan fingerprint density at radius 2 is 1.75 bits per heavy atom. The number of aromatic nitrogens is 1. The number of fused-ring (bicyclic) bond motifs is 1. The molecule has 1 aliphatic heterocycles. The van der Waals surface area contributed by atoms with E-state index in [1.165, 1.54) is 4.90 Å². The van der Waals surface area contributed by atoms with Crippen LogP contribution in [0.25, 0.3) is 22.2 Å². The van der Waals surface area contributed by atoms with Crippen molar-refractivity contribution < 1.29 is 14.7 Å². The molecule has 4 rings (SSSR count). The second-order valence-electron chi connectivity index (χ2n) is 7.36. The predicted molar refractivity (Wildman–Crippen MR) is 116 cm³/mol. The van der Waals surface area contributed by atoms with Crippen LogP contribution in [0, 0.1) is 5.53 Å². The molecule has 1 aromatic heterocycles. The molecule has 0 spiro atoms. The summed E-state index contributed by atoms with van der Waals surface area (Å²) in [5.74, 6) is -0.180. The zero-order chi connectivity index (χ0) is 22.7. The van der Waals surface area contributed by atoms with Crippen molar-refractivity contribution >= 4 is 34.5 Å². The second kappa shape index (κ2) is 9.13. The van der Waals surface area contributed by atoms with E-state index in [1.807, 2.05) is 24.3 Å². The van der Waals surface area contributed by atoms with Crippen LogP contribution in [0.4, 0.5) is 4.79 Å². The molecule has 9 nitrogen and oxygen atoms in total. The quantitative estimate of drug-likeness (QED) is 0.484. The van der Waals surface area contributed by atoms with Crippen LogP contribution in [0.15, 0.2) is 53.6 Å². The summed E-state index contributed by atoms with van der Waals surface area (Å²) in [4.78, 5) is 34.4. The van der Waals surface area contributed by atoms with Gasteiger partial charge in [-0.3, -0.25) is 4.79 Å². The van der Waals surface area contributed by atoms with E-state index >= 15 is 0 Å². The van der Waals surface area contributed by atoms with Gasteiger partial charge in [-0.1, -0.05) is 41.9 Å². The van der Waals surface area contributed by atoms with Gasteiger partial charge in [-0.05, 0) is 23.8 Å². The van der Waals surface area contributed by atoms with E-state index in [4.69, 9.17) is 22.1 Å². The number of piperazine rings is 1. The summed E-state index contributed by atoms with van der Waals surface area (Å²) in [5.41, 5.74) is 10.3. The molecule has 1 aliphatic rings. The Labute approximate surface area is 188 Å². The van der Waals surface area contributed by atoms with E-state index in [9.17, 15) is 14.7 Å². The first-order valence-electron chi connectivity index (χ1n) is 9.94. The van der Waals surface area contributed by atoms with Gasteiger partial charge in [0.15, 0.2) is 0 Å². The number of carboxylic acid groups (broad SMARTS) is 1. The van der Waals surface area contributed by atoms with Gasteiger partial charge in [0.25, 0.3) is 5.91 Å². The highest BCUT2D eigenvalue weighted by atomic mass is 35.5. The largest absolute Gasteiger partial charge is 0.530 e. The molecule has 1 saturated heterocycles. The smallest absolute Gasteiger partial charge is 0.254 e. The Morgan fingerprint density at radius 3 is 2.41 bits per heavy atom. The molecule has 32 heavy (non-hydrogen) atoms. The van der Waals surface area contributed by atoms with Crippen LogP contribution in [0.1, 0.15) is 15.9 Å². The van der Waals surface area contributed by atoms with E-state index in [0.717, 1.165) is 16.5 Å². The molecule has 3 aromatic rings. The number of nitrogens with zero attached hydrogens (tertiary/aromatic N) is 5. The monoisotopic (exact) mass is 450 g/mol. The summed E-state index contributed by atoms with van der Waals surface area (Å²) >= 11 is 6.49. The van der Waals surface area contributed by atoms with Gasteiger partial charge in [0.05, 0.1) is 16.2 Å². The van der Waals surface area contributed by atoms with E-state index in [0.29, 0.717) is 41.4 Å². The fourth-order valence-electron chi connectivity index (χ4n) is 3.64. The van der Waals surface area contributed by atoms with Gasteiger partial charge in [-0.15, -0.1) is 0 Å².